The van der Waals surface area contributed by atoms with E-state index in [1.807, 2.05) is 12.1 Å². The van der Waals surface area contributed by atoms with Crippen molar-refractivity contribution in [2.75, 3.05) is 5.75 Å². The fourth-order valence-corrected chi connectivity index (χ4v) is 5.20. The van der Waals surface area contributed by atoms with Crippen molar-refractivity contribution in [1.82, 2.24) is 25.9 Å². The van der Waals surface area contributed by atoms with Crippen LogP contribution in [-0.4, -0.2) is 38.8 Å². The van der Waals surface area contributed by atoms with Crippen LogP contribution in [0.4, 0.5) is 4.79 Å². The van der Waals surface area contributed by atoms with Crippen LogP contribution in [-0.2, 0) is 15.1 Å². The molecule has 2 fully saturated rings. The Morgan fingerprint density at radius 2 is 1.63 bits per heavy atom. The molecular formula is C25H25N5O4S. The Kier molecular flexibility index (Phi) is 6.54. The minimum absolute atomic E-state index is 0.0902. The molecule has 0 spiro atoms. The van der Waals surface area contributed by atoms with Gasteiger partial charge in [0.15, 0.2) is 5.54 Å². The minimum Gasteiger partial charge on any atom is -0.416 e. The van der Waals surface area contributed by atoms with Gasteiger partial charge in [0.1, 0.15) is 0 Å². The normalized spacial score (nSPS) is 17.9. The number of carbonyl (C=O) groups is 3. The van der Waals surface area contributed by atoms with Gasteiger partial charge in [0.2, 0.25) is 11.8 Å². The predicted molar refractivity (Wildman–Crippen MR) is 128 cm³/mol. The summed E-state index contributed by atoms with van der Waals surface area (Å²) in [6.45, 7) is 0. The van der Waals surface area contributed by atoms with Crippen molar-refractivity contribution in [3.8, 4) is 0 Å². The minimum atomic E-state index is -1.44. The highest BCUT2D eigenvalue weighted by Gasteiger charge is 2.54. The first-order chi connectivity index (χ1) is 17.1. The van der Waals surface area contributed by atoms with Gasteiger partial charge < -0.3 is 9.73 Å². The van der Waals surface area contributed by atoms with Gasteiger partial charge in [-0.15, -0.1) is 10.2 Å². The zero-order chi connectivity index (χ0) is 24.3. The molecule has 1 aliphatic carbocycles. The van der Waals surface area contributed by atoms with Crippen molar-refractivity contribution in [3.05, 3.63) is 77.7 Å². The SMILES string of the molecule is O=C(CSc1nnc(C2CCCCC2)o1)NN1C(=O)NC(c2ccccc2)(c2ccccc2)C1=O. The summed E-state index contributed by atoms with van der Waals surface area (Å²) in [7, 11) is 0. The summed E-state index contributed by atoms with van der Waals surface area (Å²) in [5, 5.41) is 12.0. The lowest BCUT2D eigenvalue weighted by atomic mass is 9.83. The van der Waals surface area contributed by atoms with E-state index in [1.54, 1.807) is 48.5 Å². The lowest BCUT2D eigenvalue weighted by Gasteiger charge is -2.27. The molecule has 1 aliphatic heterocycles. The highest BCUT2D eigenvalue weighted by atomic mass is 32.2. The Hall–Kier alpha value is -3.66. The quantitative estimate of drug-likeness (QED) is 0.382. The number of carbonyl (C=O) groups excluding carboxylic acids is 3. The summed E-state index contributed by atoms with van der Waals surface area (Å²) in [4.78, 5) is 39.1. The molecule has 0 radical (unpaired) electrons. The molecule has 5 rings (SSSR count). The van der Waals surface area contributed by atoms with E-state index in [0.717, 1.165) is 42.5 Å². The van der Waals surface area contributed by atoms with Gasteiger partial charge >= 0.3 is 6.03 Å². The van der Waals surface area contributed by atoms with E-state index < -0.39 is 23.4 Å². The van der Waals surface area contributed by atoms with Gasteiger partial charge in [-0.05, 0) is 24.0 Å². The van der Waals surface area contributed by atoms with Crippen molar-refractivity contribution < 1.29 is 18.8 Å². The van der Waals surface area contributed by atoms with Crippen LogP contribution in [0, 0.1) is 0 Å². The second-order valence-corrected chi connectivity index (χ2v) is 9.54. The number of hydrogen-bond donors (Lipinski definition) is 2. The molecule has 2 aliphatic rings. The van der Waals surface area contributed by atoms with Crippen LogP contribution in [0.15, 0.2) is 70.3 Å². The van der Waals surface area contributed by atoms with Gasteiger partial charge in [-0.2, -0.15) is 5.01 Å². The summed E-state index contributed by atoms with van der Waals surface area (Å²) in [5.41, 5.74) is 2.18. The zero-order valence-electron chi connectivity index (χ0n) is 19.0. The summed E-state index contributed by atoms with van der Waals surface area (Å²) < 4.78 is 5.74. The molecule has 0 bridgehead atoms. The smallest absolute Gasteiger partial charge is 0.344 e. The average molecular weight is 492 g/mol. The number of aromatic nitrogens is 2. The third-order valence-electron chi connectivity index (χ3n) is 6.37. The Balaban J connectivity index is 1.28. The first-order valence-electron chi connectivity index (χ1n) is 11.6. The summed E-state index contributed by atoms with van der Waals surface area (Å²) in [5.74, 6) is -0.331. The lowest BCUT2D eigenvalue weighted by molar-refractivity contribution is -0.137. The number of hydrogen-bond acceptors (Lipinski definition) is 7. The molecule has 1 saturated carbocycles. The van der Waals surface area contributed by atoms with E-state index in [1.165, 1.54) is 6.42 Å². The first-order valence-corrected chi connectivity index (χ1v) is 12.6. The molecule has 35 heavy (non-hydrogen) atoms. The number of hydrazine groups is 1. The number of benzene rings is 2. The summed E-state index contributed by atoms with van der Waals surface area (Å²) in [6, 6.07) is 17.2. The van der Waals surface area contributed by atoms with E-state index in [4.69, 9.17) is 4.42 Å². The highest BCUT2D eigenvalue weighted by Crippen LogP contribution is 2.36. The standard InChI is InChI=1S/C25H25N5O4S/c31-20(16-35-24-28-27-21(34-24)17-10-4-1-5-11-17)29-30-22(32)25(26-23(30)33,18-12-6-2-7-13-18)19-14-8-3-9-15-19/h2-3,6-9,12-15,17H,1,4-5,10-11,16H2,(H,26,33)(H,29,31). The van der Waals surface area contributed by atoms with Crippen molar-refractivity contribution in [1.29, 1.82) is 0 Å². The second-order valence-electron chi connectivity index (χ2n) is 8.62. The van der Waals surface area contributed by atoms with Crippen LogP contribution in [0.3, 0.4) is 0 Å². The van der Waals surface area contributed by atoms with E-state index in [-0.39, 0.29) is 11.7 Å². The third kappa shape index (κ3) is 4.53. The topological polar surface area (TPSA) is 117 Å². The molecule has 2 N–H and O–H groups in total. The van der Waals surface area contributed by atoms with E-state index in [9.17, 15) is 14.4 Å². The molecule has 2 heterocycles. The van der Waals surface area contributed by atoms with Gasteiger partial charge in [0.05, 0.1) is 5.75 Å². The number of thioether (sulfide) groups is 1. The fraction of sp³-hybridized carbons (Fsp3) is 0.320. The maximum absolute atomic E-state index is 13.6. The zero-order valence-corrected chi connectivity index (χ0v) is 19.8. The van der Waals surface area contributed by atoms with Crippen molar-refractivity contribution in [2.45, 2.75) is 48.8 Å². The molecule has 2 aromatic carbocycles. The number of rotatable bonds is 7. The summed E-state index contributed by atoms with van der Waals surface area (Å²) in [6.07, 6.45) is 5.59. The van der Waals surface area contributed by atoms with Crippen LogP contribution in [0.25, 0.3) is 0 Å². The van der Waals surface area contributed by atoms with Crippen molar-refractivity contribution in [3.63, 3.8) is 0 Å². The van der Waals surface area contributed by atoms with Crippen LogP contribution < -0.4 is 10.7 Å². The molecule has 4 amide bonds. The Morgan fingerprint density at radius 1 is 1.00 bits per heavy atom. The average Bonchev–Trinajstić information content (AvgIpc) is 3.48. The largest absolute Gasteiger partial charge is 0.416 e. The fourth-order valence-electron chi connectivity index (χ4n) is 4.64. The number of imide groups is 1. The molecule has 1 saturated heterocycles. The predicted octanol–water partition coefficient (Wildman–Crippen LogP) is 3.74. The van der Waals surface area contributed by atoms with Crippen LogP contribution in [0.5, 0.6) is 0 Å². The van der Waals surface area contributed by atoms with Gasteiger partial charge in [-0.3, -0.25) is 15.0 Å². The van der Waals surface area contributed by atoms with Crippen LogP contribution in [0.1, 0.15) is 55.0 Å². The molecule has 1 aromatic heterocycles. The second kappa shape index (κ2) is 9.91. The monoisotopic (exact) mass is 491 g/mol. The molecule has 0 unspecified atom stereocenters. The first kappa shape index (κ1) is 23.1. The number of nitrogens with zero attached hydrogens (tertiary/aromatic N) is 3. The molecule has 180 valence electrons. The third-order valence-corrected chi connectivity index (χ3v) is 7.19. The molecule has 10 heteroatoms. The molecule has 0 atom stereocenters. The van der Waals surface area contributed by atoms with Crippen LogP contribution >= 0.6 is 11.8 Å². The summed E-state index contributed by atoms with van der Waals surface area (Å²) >= 11 is 1.07. The van der Waals surface area contributed by atoms with Gasteiger partial charge in [0.25, 0.3) is 11.1 Å². The van der Waals surface area contributed by atoms with Gasteiger partial charge in [0, 0.05) is 5.92 Å². The Bertz CT molecular complexity index is 1170. The van der Waals surface area contributed by atoms with E-state index >= 15 is 0 Å². The number of amides is 4. The van der Waals surface area contributed by atoms with Crippen molar-refractivity contribution in [2.24, 2.45) is 0 Å². The van der Waals surface area contributed by atoms with Gasteiger partial charge in [-0.1, -0.05) is 91.7 Å². The maximum Gasteiger partial charge on any atom is 0.344 e. The lowest BCUT2D eigenvalue weighted by Crippen LogP contribution is -2.49. The highest BCUT2D eigenvalue weighted by molar-refractivity contribution is 7.99. The van der Waals surface area contributed by atoms with Crippen molar-refractivity contribution >= 4 is 29.6 Å². The number of urea groups is 1. The molecule has 3 aromatic rings. The Morgan fingerprint density at radius 3 is 2.26 bits per heavy atom. The van der Waals surface area contributed by atoms with Crippen LogP contribution in [0.2, 0.25) is 0 Å². The van der Waals surface area contributed by atoms with E-state index in [2.05, 4.69) is 20.9 Å². The molecule has 9 nitrogen and oxygen atoms in total. The van der Waals surface area contributed by atoms with Gasteiger partial charge in [-0.25, -0.2) is 4.79 Å². The van der Waals surface area contributed by atoms with E-state index in [0.29, 0.717) is 22.2 Å². The number of nitrogens with one attached hydrogen (secondary N) is 2. The molecular weight excluding hydrogens is 466 g/mol. The maximum atomic E-state index is 13.6. The Labute approximate surface area is 206 Å².